The lowest BCUT2D eigenvalue weighted by molar-refractivity contribution is 0.745. The first-order valence-corrected chi connectivity index (χ1v) is 20.7. The Labute approximate surface area is 342 Å². The standard InChI is InChI=1S/C55H38N2S/c1-5-17-39(18-6-1)55(40-19-7-2-8-20-40,41-21-9-3-10-22-41)42-29-31-44(32-30-42)56(45-34-36-54-50(37-45)49-26-14-16-28-53(49)58-54)46-33-35-48-47-25-13-15-27-51(47)57(52(48)38-46)43-23-11-4-12-24-43/h1-38H. The summed E-state index contributed by atoms with van der Waals surface area (Å²) in [6.07, 6.45) is 0. The fraction of sp³-hybridized carbons (Fsp3) is 0.0182. The lowest BCUT2D eigenvalue weighted by Gasteiger charge is -2.37. The number of thiophene rings is 1. The number of aromatic nitrogens is 1. The molecule has 274 valence electrons. The summed E-state index contributed by atoms with van der Waals surface area (Å²) in [4.78, 5) is 2.43. The molecule has 3 heteroatoms. The first kappa shape index (κ1) is 34.1. The van der Waals surface area contributed by atoms with Crippen molar-refractivity contribution in [2.24, 2.45) is 0 Å². The van der Waals surface area contributed by atoms with Gasteiger partial charge < -0.3 is 9.47 Å². The van der Waals surface area contributed by atoms with Gasteiger partial charge in [0.1, 0.15) is 0 Å². The minimum atomic E-state index is -0.531. The molecule has 9 aromatic carbocycles. The number of hydrogen-bond acceptors (Lipinski definition) is 2. The molecule has 0 aliphatic carbocycles. The summed E-state index contributed by atoms with van der Waals surface area (Å²) in [5, 5.41) is 5.04. The Kier molecular flexibility index (Phi) is 8.27. The SMILES string of the molecule is c1ccc(-n2c3ccccc3c3ccc(N(c4ccc(C(c5ccccc5)(c5ccccc5)c5ccccc5)cc4)c4ccc5sc6ccccc6c5c4)cc32)cc1. The van der Waals surface area contributed by atoms with Crippen LogP contribution in [0.15, 0.2) is 231 Å². The van der Waals surface area contributed by atoms with Crippen molar-refractivity contribution in [3.63, 3.8) is 0 Å². The lowest BCUT2D eigenvalue weighted by atomic mass is 9.65. The molecule has 0 spiro atoms. The van der Waals surface area contributed by atoms with Crippen LogP contribution in [0.5, 0.6) is 0 Å². The third kappa shape index (κ3) is 5.47. The van der Waals surface area contributed by atoms with Gasteiger partial charge >= 0.3 is 0 Å². The molecule has 0 saturated carbocycles. The second kappa shape index (κ2) is 14.1. The predicted octanol–water partition coefficient (Wildman–Crippen LogP) is 15.0. The van der Waals surface area contributed by atoms with E-state index in [2.05, 4.69) is 240 Å². The Morgan fingerprint density at radius 3 is 1.45 bits per heavy atom. The summed E-state index contributed by atoms with van der Waals surface area (Å²) < 4.78 is 5.00. The molecule has 2 heterocycles. The van der Waals surface area contributed by atoms with E-state index in [0.717, 1.165) is 22.7 Å². The third-order valence-corrected chi connectivity index (χ3v) is 12.9. The molecule has 58 heavy (non-hydrogen) atoms. The highest BCUT2D eigenvalue weighted by Gasteiger charge is 2.38. The van der Waals surface area contributed by atoms with Crippen molar-refractivity contribution in [3.05, 3.63) is 253 Å². The van der Waals surface area contributed by atoms with Crippen LogP contribution in [0.4, 0.5) is 17.1 Å². The largest absolute Gasteiger partial charge is 0.310 e. The summed E-state index contributed by atoms with van der Waals surface area (Å²) in [6, 6.07) is 84.3. The quantitative estimate of drug-likeness (QED) is 0.140. The highest BCUT2D eigenvalue weighted by atomic mass is 32.1. The molecular formula is C55H38N2S. The molecule has 0 atom stereocenters. The first-order chi connectivity index (χ1) is 28.8. The number of fused-ring (bicyclic) bond motifs is 6. The van der Waals surface area contributed by atoms with E-state index in [1.165, 1.54) is 64.2 Å². The van der Waals surface area contributed by atoms with Crippen molar-refractivity contribution in [3.8, 4) is 5.69 Å². The minimum absolute atomic E-state index is 0.531. The molecule has 11 aromatic rings. The van der Waals surface area contributed by atoms with Crippen LogP contribution < -0.4 is 4.90 Å². The van der Waals surface area contributed by atoms with Crippen molar-refractivity contribution in [1.82, 2.24) is 4.57 Å². The number of hydrogen-bond donors (Lipinski definition) is 0. The van der Waals surface area contributed by atoms with Crippen LogP contribution in [0.2, 0.25) is 0 Å². The van der Waals surface area contributed by atoms with E-state index < -0.39 is 5.41 Å². The van der Waals surface area contributed by atoms with Crippen molar-refractivity contribution < 1.29 is 0 Å². The average molecular weight is 759 g/mol. The van der Waals surface area contributed by atoms with Crippen LogP contribution in [0.25, 0.3) is 47.7 Å². The van der Waals surface area contributed by atoms with Crippen molar-refractivity contribution in [2.45, 2.75) is 5.41 Å². The number of nitrogens with zero attached hydrogens (tertiary/aromatic N) is 2. The van der Waals surface area contributed by atoms with Crippen molar-refractivity contribution in [1.29, 1.82) is 0 Å². The molecular weight excluding hydrogens is 721 g/mol. The Morgan fingerprint density at radius 1 is 0.328 bits per heavy atom. The fourth-order valence-corrected chi connectivity index (χ4v) is 10.3. The molecule has 0 amide bonds. The molecule has 11 rings (SSSR count). The van der Waals surface area contributed by atoms with Gasteiger partial charge in [-0.05, 0) is 89.0 Å². The Balaban J connectivity index is 1.15. The van der Waals surface area contributed by atoms with Crippen LogP contribution >= 0.6 is 11.3 Å². The summed E-state index contributed by atoms with van der Waals surface area (Å²) in [7, 11) is 0. The average Bonchev–Trinajstić information content (AvgIpc) is 3.84. The number of rotatable bonds is 8. The van der Waals surface area contributed by atoms with Gasteiger partial charge in [0.25, 0.3) is 0 Å². The molecule has 0 aliphatic rings. The van der Waals surface area contributed by atoms with Gasteiger partial charge in [0, 0.05) is 53.7 Å². The maximum atomic E-state index is 2.43. The summed E-state index contributed by atoms with van der Waals surface area (Å²) in [5.74, 6) is 0. The van der Waals surface area contributed by atoms with E-state index in [0.29, 0.717) is 0 Å². The minimum Gasteiger partial charge on any atom is -0.310 e. The number of para-hydroxylation sites is 2. The van der Waals surface area contributed by atoms with Crippen molar-refractivity contribution >= 4 is 70.4 Å². The van der Waals surface area contributed by atoms with Crippen LogP contribution in [0.3, 0.4) is 0 Å². The van der Waals surface area contributed by atoms with E-state index in [1.807, 2.05) is 11.3 Å². The number of anilines is 3. The maximum absolute atomic E-state index is 2.43. The van der Waals surface area contributed by atoms with Crippen molar-refractivity contribution in [2.75, 3.05) is 4.90 Å². The second-order valence-corrected chi connectivity index (χ2v) is 16.0. The Hall–Kier alpha value is -7.20. The molecule has 2 aromatic heterocycles. The molecule has 0 bridgehead atoms. The molecule has 0 radical (unpaired) electrons. The molecule has 0 saturated heterocycles. The fourth-order valence-electron chi connectivity index (χ4n) is 9.18. The van der Waals surface area contributed by atoms with Crippen LogP contribution in [0.1, 0.15) is 22.3 Å². The maximum Gasteiger partial charge on any atom is 0.0701 e. The molecule has 0 aliphatic heterocycles. The van der Waals surface area contributed by atoms with Crippen LogP contribution in [-0.4, -0.2) is 4.57 Å². The predicted molar refractivity (Wildman–Crippen MR) is 247 cm³/mol. The number of benzene rings is 9. The van der Waals surface area contributed by atoms with Gasteiger partial charge in [0.2, 0.25) is 0 Å². The van der Waals surface area contributed by atoms with Gasteiger partial charge in [-0.25, -0.2) is 0 Å². The molecule has 0 fully saturated rings. The van der Waals surface area contributed by atoms with E-state index in [-0.39, 0.29) is 0 Å². The Morgan fingerprint density at radius 2 is 0.793 bits per heavy atom. The van der Waals surface area contributed by atoms with Crippen LogP contribution in [0, 0.1) is 0 Å². The zero-order valence-corrected chi connectivity index (χ0v) is 32.6. The van der Waals surface area contributed by atoms with E-state index in [9.17, 15) is 0 Å². The summed E-state index contributed by atoms with van der Waals surface area (Å²) in [5.41, 5.74) is 11.2. The van der Waals surface area contributed by atoms with Gasteiger partial charge in [0.15, 0.2) is 0 Å². The Bertz CT molecular complexity index is 3110. The van der Waals surface area contributed by atoms with E-state index in [1.54, 1.807) is 0 Å². The second-order valence-electron chi connectivity index (χ2n) is 14.9. The topological polar surface area (TPSA) is 8.17 Å². The van der Waals surface area contributed by atoms with Gasteiger partial charge in [-0.1, -0.05) is 164 Å². The first-order valence-electron chi connectivity index (χ1n) is 19.8. The monoisotopic (exact) mass is 758 g/mol. The van der Waals surface area contributed by atoms with Gasteiger partial charge in [0.05, 0.1) is 16.4 Å². The van der Waals surface area contributed by atoms with Gasteiger partial charge in [-0.3, -0.25) is 0 Å². The van der Waals surface area contributed by atoms with E-state index in [4.69, 9.17) is 0 Å². The molecule has 2 nitrogen and oxygen atoms in total. The lowest BCUT2D eigenvalue weighted by Crippen LogP contribution is -2.31. The third-order valence-electron chi connectivity index (χ3n) is 11.7. The summed E-state index contributed by atoms with van der Waals surface area (Å²) >= 11 is 1.85. The molecule has 0 unspecified atom stereocenters. The normalized spacial score (nSPS) is 11.8. The highest BCUT2D eigenvalue weighted by Crippen LogP contribution is 2.47. The summed E-state index contributed by atoms with van der Waals surface area (Å²) in [6.45, 7) is 0. The van der Waals surface area contributed by atoms with Gasteiger partial charge in [-0.15, -0.1) is 11.3 Å². The smallest absolute Gasteiger partial charge is 0.0701 e. The zero-order chi connectivity index (χ0) is 38.5. The highest BCUT2D eigenvalue weighted by molar-refractivity contribution is 7.25. The van der Waals surface area contributed by atoms with Crippen LogP contribution in [-0.2, 0) is 5.41 Å². The van der Waals surface area contributed by atoms with E-state index >= 15 is 0 Å². The molecule has 0 N–H and O–H groups in total. The zero-order valence-electron chi connectivity index (χ0n) is 31.7. The van der Waals surface area contributed by atoms with Gasteiger partial charge in [-0.2, -0.15) is 0 Å².